The molecule has 3 rings (SSSR count). The van der Waals surface area contributed by atoms with Crippen LogP contribution in [0, 0.1) is 0 Å². The van der Waals surface area contributed by atoms with E-state index in [0.29, 0.717) is 5.02 Å². The van der Waals surface area contributed by atoms with Gasteiger partial charge in [0, 0.05) is 5.92 Å². The van der Waals surface area contributed by atoms with Crippen LogP contribution in [-0.4, -0.2) is 15.3 Å². The zero-order valence-corrected chi connectivity index (χ0v) is 18.7. The van der Waals surface area contributed by atoms with Crippen molar-refractivity contribution < 1.29 is 15.3 Å². The summed E-state index contributed by atoms with van der Waals surface area (Å²) >= 11 is 18.6. The van der Waals surface area contributed by atoms with E-state index in [1.807, 2.05) is 24.3 Å². The van der Waals surface area contributed by atoms with Crippen molar-refractivity contribution in [3.05, 3.63) is 86.4 Å². The summed E-state index contributed by atoms with van der Waals surface area (Å²) in [6.45, 7) is 2.12. The second-order valence-corrected chi connectivity index (χ2v) is 8.63. The fraction of sp³-hybridized carbons (Fsp3) is 0.250. The molecule has 1 unspecified atom stereocenters. The molecule has 1 atom stereocenters. The van der Waals surface area contributed by atoms with E-state index in [4.69, 9.17) is 34.8 Å². The molecule has 0 radical (unpaired) electrons. The predicted molar refractivity (Wildman–Crippen MR) is 123 cm³/mol. The molecule has 3 N–H and O–H groups in total. The highest BCUT2D eigenvalue weighted by atomic mass is 35.5. The van der Waals surface area contributed by atoms with Crippen LogP contribution in [0.5, 0.6) is 17.2 Å². The molecule has 0 saturated heterocycles. The molecule has 0 spiro atoms. The van der Waals surface area contributed by atoms with E-state index < -0.39 is 0 Å². The summed E-state index contributed by atoms with van der Waals surface area (Å²) in [4.78, 5) is 0. The summed E-state index contributed by atoms with van der Waals surface area (Å²) in [7, 11) is 0. The first-order valence-electron chi connectivity index (χ1n) is 9.75. The molecule has 0 aliphatic carbocycles. The zero-order chi connectivity index (χ0) is 21.8. The molecule has 3 aromatic rings. The van der Waals surface area contributed by atoms with E-state index >= 15 is 0 Å². The lowest BCUT2D eigenvalue weighted by Gasteiger charge is -2.26. The van der Waals surface area contributed by atoms with Gasteiger partial charge >= 0.3 is 0 Å². The Morgan fingerprint density at radius 2 is 1.07 bits per heavy atom. The van der Waals surface area contributed by atoms with E-state index in [1.54, 1.807) is 30.3 Å². The molecule has 0 aliphatic rings. The third kappa shape index (κ3) is 5.15. The van der Waals surface area contributed by atoms with Gasteiger partial charge in [0.1, 0.15) is 17.2 Å². The van der Waals surface area contributed by atoms with Gasteiger partial charge in [0.05, 0.1) is 15.1 Å². The van der Waals surface area contributed by atoms with Gasteiger partial charge in [0.25, 0.3) is 0 Å². The van der Waals surface area contributed by atoms with Crippen molar-refractivity contribution in [1.82, 2.24) is 0 Å². The molecule has 3 aromatic carbocycles. The number of rotatable bonds is 7. The van der Waals surface area contributed by atoms with Crippen LogP contribution in [0.4, 0.5) is 0 Å². The van der Waals surface area contributed by atoms with Crippen LogP contribution in [-0.2, 0) is 0 Å². The van der Waals surface area contributed by atoms with Crippen molar-refractivity contribution in [1.29, 1.82) is 0 Å². The average molecular weight is 466 g/mol. The molecule has 0 bridgehead atoms. The monoisotopic (exact) mass is 464 g/mol. The van der Waals surface area contributed by atoms with Gasteiger partial charge in [-0.3, -0.25) is 0 Å². The minimum absolute atomic E-state index is 0.0262. The maximum atomic E-state index is 9.85. The van der Waals surface area contributed by atoms with Gasteiger partial charge in [-0.1, -0.05) is 66.3 Å². The quantitative estimate of drug-likeness (QED) is 0.332. The first-order valence-corrected chi connectivity index (χ1v) is 10.9. The van der Waals surface area contributed by atoms with Crippen LogP contribution in [0.25, 0.3) is 0 Å². The lowest BCUT2D eigenvalue weighted by Crippen LogP contribution is -2.09. The Kier molecular flexibility index (Phi) is 7.41. The molecule has 0 amide bonds. The standard InChI is InChI=1S/C24H23Cl3O3/c1-2-3-14(15-4-7-22(28)19(25)11-15)10-18(16-5-8-23(29)20(26)12-16)17-6-9-24(30)21(27)13-17/h4-9,11-14,18,28-30H,2-3,10H2,1H3. The Balaban J connectivity index is 2.05. The van der Waals surface area contributed by atoms with Gasteiger partial charge in [-0.15, -0.1) is 0 Å². The minimum Gasteiger partial charge on any atom is -0.506 e. The predicted octanol–water partition coefficient (Wildman–Crippen LogP) is 7.87. The molecule has 0 heterocycles. The Bertz CT molecular complexity index is 985. The number of benzene rings is 3. The number of phenols is 3. The highest BCUT2D eigenvalue weighted by molar-refractivity contribution is 6.32. The van der Waals surface area contributed by atoms with E-state index in [-0.39, 0.29) is 39.1 Å². The summed E-state index contributed by atoms with van der Waals surface area (Å²) in [6.07, 6.45) is 2.63. The summed E-state index contributed by atoms with van der Waals surface area (Å²) in [5.41, 5.74) is 2.91. The van der Waals surface area contributed by atoms with Crippen LogP contribution in [0.2, 0.25) is 15.1 Å². The Morgan fingerprint density at radius 3 is 1.47 bits per heavy atom. The Morgan fingerprint density at radius 1 is 0.667 bits per heavy atom. The number of aromatic hydroxyl groups is 3. The highest BCUT2D eigenvalue weighted by Gasteiger charge is 2.23. The lowest BCUT2D eigenvalue weighted by molar-refractivity contribution is 0.473. The smallest absolute Gasteiger partial charge is 0.134 e. The molecule has 0 saturated carbocycles. The normalized spacial score (nSPS) is 12.3. The summed E-state index contributed by atoms with van der Waals surface area (Å²) in [6, 6.07) is 15.7. The SMILES string of the molecule is CCCC(CC(c1ccc(O)c(Cl)c1)c1ccc(O)c(Cl)c1)c1ccc(O)c(Cl)c1. The second kappa shape index (κ2) is 9.82. The largest absolute Gasteiger partial charge is 0.506 e. The number of hydrogen-bond donors (Lipinski definition) is 3. The van der Waals surface area contributed by atoms with Gasteiger partial charge in [-0.25, -0.2) is 0 Å². The average Bonchev–Trinajstić information content (AvgIpc) is 2.72. The van der Waals surface area contributed by atoms with Crippen LogP contribution in [0.3, 0.4) is 0 Å². The van der Waals surface area contributed by atoms with Crippen molar-refractivity contribution >= 4 is 34.8 Å². The maximum Gasteiger partial charge on any atom is 0.134 e. The third-order valence-electron chi connectivity index (χ3n) is 5.35. The number of halogens is 3. The van der Waals surface area contributed by atoms with E-state index in [2.05, 4.69) is 6.92 Å². The van der Waals surface area contributed by atoms with Crippen molar-refractivity contribution in [3.8, 4) is 17.2 Å². The molecule has 0 fully saturated rings. The van der Waals surface area contributed by atoms with Crippen molar-refractivity contribution in [3.63, 3.8) is 0 Å². The number of phenolic OH excluding ortho intramolecular Hbond substituents is 3. The van der Waals surface area contributed by atoms with Gasteiger partial charge < -0.3 is 15.3 Å². The van der Waals surface area contributed by atoms with Gasteiger partial charge in [-0.05, 0) is 71.8 Å². The lowest BCUT2D eigenvalue weighted by atomic mass is 9.79. The van der Waals surface area contributed by atoms with Crippen LogP contribution in [0.1, 0.15) is 54.7 Å². The Labute approximate surface area is 191 Å². The topological polar surface area (TPSA) is 60.7 Å². The van der Waals surface area contributed by atoms with E-state index in [1.165, 1.54) is 0 Å². The minimum atomic E-state index is -0.0784. The van der Waals surface area contributed by atoms with E-state index in [0.717, 1.165) is 36.0 Å². The van der Waals surface area contributed by atoms with Gasteiger partial charge in [-0.2, -0.15) is 0 Å². The zero-order valence-electron chi connectivity index (χ0n) is 16.4. The van der Waals surface area contributed by atoms with Crippen LogP contribution in [0.15, 0.2) is 54.6 Å². The van der Waals surface area contributed by atoms with Crippen LogP contribution < -0.4 is 0 Å². The summed E-state index contributed by atoms with van der Waals surface area (Å²) < 4.78 is 0. The maximum absolute atomic E-state index is 9.85. The molecule has 6 heteroatoms. The Hall–Kier alpha value is -2.07. The molecule has 3 nitrogen and oxygen atoms in total. The third-order valence-corrected chi connectivity index (χ3v) is 6.26. The second-order valence-electron chi connectivity index (χ2n) is 7.41. The fourth-order valence-electron chi connectivity index (χ4n) is 3.78. The molecule has 30 heavy (non-hydrogen) atoms. The highest BCUT2D eigenvalue weighted by Crippen LogP contribution is 2.41. The van der Waals surface area contributed by atoms with Crippen molar-refractivity contribution in [2.45, 2.75) is 38.0 Å². The van der Waals surface area contributed by atoms with Gasteiger partial charge in [0.15, 0.2) is 0 Å². The molecule has 0 aromatic heterocycles. The molecular formula is C24H23Cl3O3. The van der Waals surface area contributed by atoms with Crippen molar-refractivity contribution in [2.75, 3.05) is 0 Å². The number of hydrogen-bond acceptors (Lipinski definition) is 3. The molecule has 158 valence electrons. The first-order chi connectivity index (χ1) is 14.3. The van der Waals surface area contributed by atoms with Crippen molar-refractivity contribution in [2.24, 2.45) is 0 Å². The van der Waals surface area contributed by atoms with Gasteiger partial charge in [0.2, 0.25) is 0 Å². The summed E-state index contributed by atoms with van der Waals surface area (Å²) in [5, 5.41) is 30.4. The molecule has 0 aliphatic heterocycles. The van der Waals surface area contributed by atoms with Crippen LogP contribution >= 0.6 is 34.8 Å². The fourth-order valence-corrected chi connectivity index (χ4v) is 4.34. The summed E-state index contributed by atoms with van der Waals surface area (Å²) in [5.74, 6) is 0.197. The molecular weight excluding hydrogens is 443 g/mol. The van der Waals surface area contributed by atoms with E-state index in [9.17, 15) is 15.3 Å². The first kappa shape index (κ1) is 22.6.